The van der Waals surface area contributed by atoms with Crippen LogP contribution in [0.25, 0.3) is 0 Å². The molecule has 4 nitrogen and oxygen atoms in total. The van der Waals surface area contributed by atoms with E-state index in [0.717, 1.165) is 30.9 Å². The van der Waals surface area contributed by atoms with Gasteiger partial charge in [-0.25, -0.2) is 0 Å². The molecule has 0 saturated carbocycles. The summed E-state index contributed by atoms with van der Waals surface area (Å²) < 4.78 is 0. The lowest BCUT2D eigenvalue weighted by molar-refractivity contribution is 0.101. The number of carbonyl (C=O) groups is 1. The summed E-state index contributed by atoms with van der Waals surface area (Å²) in [7, 11) is 2.06. The maximum atomic E-state index is 11.4. The van der Waals surface area contributed by atoms with Crippen molar-refractivity contribution in [2.75, 3.05) is 38.2 Å². The Morgan fingerprint density at radius 3 is 2.89 bits per heavy atom. The number of benzene rings is 1. The Hall–Kier alpha value is -1.39. The van der Waals surface area contributed by atoms with E-state index in [2.05, 4.69) is 16.8 Å². The van der Waals surface area contributed by atoms with Crippen LogP contribution in [-0.2, 0) is 0 Å². The van der Waals surface area contributed by atoms with Gasteiger partial charge < -0.3 is 14.9 Å². The number of Topliss-reactive ketones (excluding diaryl/α,β-unsaturated/α-hetero) is 1. The molecule has 0 radical (unpaired) electrons. The van der Waals surface area contributed by atoms with Crippen LogP contribution >= 0.6 is 0 Å². The lowest BCUT2D eigenvalue weighted by Crippen LogP contribution is -2.53. The van der Waals surface area contributed by atoms with Crippen molar-refractivity contribution < 1.29 is 9.90 Å². The normalized spacial score (nSPS) is 21.1. The van der Waals surface area contributed by atoms with Crippen LogP contribution in [0, 0.1) is 0 Å². The van der Waals surface area contributed by atoms with Crippen molar-refractivity contribution in [1.29, 1.82) is 0 Å². The van der Waals surface area contributed by atoms with Crippen LogP contribution in [0.2, 0.25) is 0 Å². The van der Waals surface area contributed by atoms with Crippen molar-refractivity contribution in [1.82, 2.24) is 4.90 Å². The lowest BCUT2D eigenvalue weighted by Gasteiger charge is -2.40. The van der Waals surface area contributed by atoms with Gasteiger partial charge in [-0.05, 0) is 26.1 Å². The van der Waals surface area contributed by atoms with Gasteiger partial charge in [-0.15, -0.1) is 0 Å². The molecule has 1 N–H and O–H groups in total. The minimum atomic E-state index is 0.0755. The molecule has 0 bridgehead atoms. The van der Waals surface area contributed by atoms with Crippen LogP contribution in [0.4, 0.5) is 5.69 Å². The molecule has 1 aromatic carbocycles. The molecule has 1 fully saturated rings. The topological polar surface area (TPSA) is 43.8 Å². The minimum Gasteiger partial charge on any atom is -0.394 e. The fourth-order valence-electron chi connectivity index (χ4n) is 2.41. The minimum absolute atomic E-state index is 0.0755. The Morgan fingerprint density at radius 2 is 2.22 bits per heavy atom. The van der Waals surface area contributed by atoms with E-state index in [-0.39, 0.29) is 18.4 Å². The summed E-state index contributed by atoms with van der Waals surface area (Å²) in [5.41, 5.74) is 1.75. The van der Waals surface area contributed by atoms with Gasteiger partial charge in [-0.3, -0.25) is 4.79 Å². The zero-order valence-electron chi connectivity index (χ0n) is 11.0. The number of rotatable bonds is 3. The Labute approximate surface area is 108 Å². The summed E-state index contributed by atoms with van der Waals surface area (Å²) in [6, 6.07) is 7.75. The summed E-state index contributed by atoms with van der Waals surface area (Å²) in [4.78, 5) is 15.8. The summed E-state index contributed by atoms with van der Waals surface area (Å²) in [6.45, 7) is 4.41. The van der Waals surface area contributed by atoms with Gasteiger partial charge in [0.2, 0.25) is 0 Å². The monoisotopic (exact) mass is 248 g/mol. The third-order valence-electron chi connectivity index (χ3n) is 3.48. The van der Waals surface area contributed by atoms with Gasteiger partial charge in [-0.1, -0.05) is 12.1 Å². The molecule has 0 aliphatic carbocycles. The second kappa shape index (κ2) is 5.50. The van der Waals surface area contributed by atoms with Gasteiger partial charge >= 0.3 is 0 Å². The highest BCUT2D eigenvalue weighted by Gasteiger charge is 2.24. The predicted octanol–water partition coefficient (Wildman–Crippen LogP) is 1.00. The van der Waals surface area contributed by atoms with Gasteiger partial charge in [0, 0.05) is 30.9 Å². The average Bonchev–Trinajstić information content (AvgIpc) is 2.38. The van der Waals surface area contributed by atoms with E-state index in [1.54, 1.807) is 6.92 Å². The first-order valence-corrected chi connectivity index (χ1v) is 6.29. The zero-order valence-corrected chi connectivity index (χ0v) is 11.0. The third-order valence-corrected chi connectivity index (χ3v) is 3.48. The van der Waals surface area contributed by atoms with E-state index in [0.29, 0.717) is 0 Å². The molecule has 1 aliphatic rings. The van der Waals surface area contributed by atoms with Gasteiger partial charge in [0.15, 0.2) is 5.78 Å². The highest BCUT2D eigenvalue weighted by molar-refractivity contribution is 5.95. The number of nitrogens with zero attached hydrogens (tertiary/aromatic N) is 2. The zero-order chi connectivity index (χ0) is 13.1. The Kier molecular flexibility index (Phi) is 3.99. The maximum absolute atomic E-state index is 11.4. The molecule has 1 saturated heterocycles. The number of hydrogen-bond donors (Lipinski definition) is 1. The van der Waals surface area contributed by atoms with Gasteiger partial charge in [0.05, 0.1) is 12.6 Å². The third kappa shape index (κ3) is 2.71. The summed E-state index contributed by atoms with van der Waals surface area (Å²) in [5.74, 6) is 0.0755. The largest absolute Gasteiger partial charge is 0.394 e. The van der Waals surface area contributed by atoms with Crippen LogP contribution < -0.4 is 4.90 Å². The van der Waals surface area contributed by atoms with Gasteiger partial charge in [0.1, 0.15) is 0 Å². The molecule has 1 atom stereocenters. The van der Waals surface area contributed by atoms with E-state index in [4.69, 9.17) is 0 Å². The van der Waals surface area contributed by atoms with Crippen LogP contribution in [0.5, 0.6) is 0 Å². The number of likely N-dealkylation sites (N-methyl/N-ethyl adjacent to an activating group) is 1. The molecule has 1 heterocycles. The number of aliphatic hydroxyl groups excluding tert-OH is 1. The number of ketones is 1. The fourth-order valence-corrected chi connectivity index (χ4v) is 2.41. The highest BCUT2D eigenvalue weighted by atomic mass is 16.3. The average molecular weight is 248 g/mol. The predicted molar refractivity (Wildman–Crippen MR) is 72.2 cm³/mol. The first-order valence-electron chi connectivity index (χ1n) is 6.29. The molecule has 2 rings (SSSR count). The van der Waals surface area contributed by atoms with Crippen molar-refractivity contribution in [2.24, 2.45) is 0 Å². The molecule has 0 spiro atoms. The SMILES string of the molecule is CC(=O)c1cccc(N2CCN(C)CC2CO)c1. The first-order chi connectivity index (χ1) is 8.61. The number of piperazine rings is 1. The van der Waals surface area contributed by atoms with Crippen molar-refractivity contribution in [3.8, 4) is 0 Å². The molecular weight excluding hydrogens is 228 g/mol. The van der Waals surface area contributed by atoms with E-state index in [1.807, 2.05) is 24.3 Å². The molecule has 1 unspecified atom stereocenters. The molecule has 0 amide bonds. The molecule has 18 heavy (non-hydrogen) atoms. The standard InChI is InChI=1S/C14H20N2O2/c1-11(18)12-4-3-5-13(8-12)16-7-6-15(2)9-14(16)10-17/h3-5,8,14,17H,6-7,9-10H2,1-2H3. The number of carbonyl (C=O) groups excluding carboxylic acids is 1. The number of anilines is 1. The van der Waals surface area contributed by atoms with Gasteiger partial charge in [-0.2, -0.15) is 0 Å². The van der Waals surface area contributed by atoms with E-state index in [1.165, 1.54) is 0 Å². The lowest BCUT2D eigenvalue weighted by atomic mass is 10.1. The Bertz CT molecular complexity index is 434. The smallest absolute Gasteiger partial charge is 0.159 e. The van der Waals surface area contributed by atoms with Gasteiger partial charge in [0.25, 0.3) is 0 Å². The van der Waals surface area contributed by atoms with Crippen molar-refractivity contribution in [3.05, 3.63) is 29.8 Å². The van der Waals surface area contributed by atoms with Crippen molar-refractivity contribution in [2.45, 2.75) is 13.0 Å². The molecule has 1 aromatic rings. The van der Waals surface area contributed by atoms with E-state index < -0.39 is 0 Å². The Balaban J connectivity index is 2.24. The van der Waals surface area contributed by atoms with Crippen LogP contribution in [0.15, 0.2) is 24.3 Å². The summed E-state index contributed by atoms with van der Waals surface area (Å²) >= 11 is 0. The van der Waals surface area contributed by atoms with E-state index in [9.17, 15) is 9.90 Å². The summed E-state index contributed by atoms with van der Waals surface area (Å²) in [6.07, 6.45) is 0. The Morgan fingerprint density at radius 1 is 1.44 bits per heavy atom. The molecule has 4 heteroatoms. The van der Waals surface area contributed by atoms with Crippen molar-refractivity contribution >= 4 is 11.5 Å². The second-order valence-corrected chi connectivity index (χ2v) is 4.90. The summed E-state index contributed by atoms with van der Waals surface area (Å²) in [5, 5.41) is 9.48. The fraction of sp³-hybridized carbons (Fsp3) is 0.500. The first kappa shape index (κ1) is 13.1. The van der Waals surface area contributed by atoms with Crippen LogP contribution in [0.3, 0.4) is 0 Å². The van der Waals surface area contributed by atoms with Crippen molar-refractivity contribution in [3.63, 3.8) is 0 Å². The molecule has 1 aliphatic heterocycles. The highest BCUT2D eigenvalue weighted by Crippen LogP contribution is 2.21. The van der Waals surface area contributed by atoms with E-state index >= 15 is 0 Å². The molecule has 0 aromatic heterocycles. The number of hydrogen-bond acceptors (Lipinski definition) is 4. The van der Waals surface area contributed by atoms with Crippen LogP contribution in [0.1, 0.15) is 17.3 Å². The van der Waals surface area contributed by atoms with Crippen LogP contribution in [-0.4, -0.2) is 55.1 Å². The number of aliphatic hydroxyl groups is 1. The molecule has 98 valence electrons. The quantitative estimate of drug-likeness (QED) is 0.811. The molecular formula is C14H20N2O2. The maximum Gasteiger partial charge on any atom is 0.159 e. The second-order valence-electron chi connectivity index (χ2n) is 4.90.